The molecule has 0 saturated carbocycles. The Kier molecular flexibility index (Phi) is 4.73. The SMILES string of the molecule is COc1ccc(Br)cc1CC1(CBr)CCOC1C. The lowest BCUT2D eigenvalue weighted by atomic mass is 9.78. The topological polar surface area (TPSA) is 18.5 Å². The monoisotopic (exact) mass is 376 g/mol. The van der Waals surface area contributed by atoms with E-state index in [1.54, 1.807) is 7.11 Å². The molecule has 1 aromatic rings. The number of alkyl halides is 1. The second kappa shape index (κ2) is 5.93. The van der Waals surface area contributed by atoms with E-state index in [1.807, 2.05) is 12.1 Å². The van der Waals surface area contributed by atoms with Gasteiger partial charge in [0.1, 0.15) is 5.75 Å². The zero-order valence-corrected chi connectivity index (χ0v) is 13.9. The van der Waals surface area contributed by atoms with E-state index in [-0.39, 0.29) is 11.5 Å². The average Bonchev–Trinajstić information content (AvgIpc) is 2.72. The van der Waals surface area contributed by atoms with E-state index in [0.717, 1.165) is 35.0 Å². The van der Waals surface area contributed by atoms with Crippen LogP contribution in [0.1, 0.15) is 18.9 Å². The molecule has 1 aromatic carbocycles. The molecule has 4 heteroatoms. The van der Waals surface area contributed by atoms with Gasteiger partial charge in [0.25, 0.3) is 0 Å². The fraction of sp³-hybridized carbons (Fsp3) is 0.571. The molecule has 1 saturated heterocycles. The van der Waals surface area contributed by atoms with Crippen LogP contribution in [0, 0.1) is 5.41 Å². The lowest BCUT2D eigenvalue weighted by Gasteiger charge is -2.30. The van der Waals surface area contributed by atoms with Crippen molar-refractivity contribution in [2.24, 2.45) is 5.41 Å². The molecular weight excluding hydrogens is 360 g/mol. The third-order valence-electron chi connectivity index (χ3n) is 3.88. The Hall–Kier alpha value is -0.0600. The fourth-order valence-electron chi connectivity index (χ4n) is 2.54. The molecule has 100 valence electrons. The molecular formula is C14H18Br2O2. The van der Waals surface area contributed by atoms with Gasteiger partial charge in [0.15, 0.2) is 0 Å². The van der Waals surface area contributed by atoms with Crippen LogP contribution < -0.4 is 4.74 Å². The summed E-state index contributed by atoms with van der Waals surface area (Å²) in [6.07, 6.45) is 2.34. The molecule has 2 unspecified atom stereocenters. The number of halogens is 2. The van der Waals surface area contributed by atoms with Crippen LogP contribution in [-0.2, 0) is 11.2 Å². The summed E-state index contributed by atoms with van der Waals surface area (Å²) in [6.45, 7) is 3.02. The van der Waals surface area contributed by atoms with Crippen molar-refractivity contribution >= 4 is 31.9 Å². The van der Waals surface area contributed by atoms with Gasteiger partial charge in [-0.15, -0.1) is 0 Å². The number of ether oxygens (including phenoxy) is 2. The van der Waals surface area contributed by atoms with Gasteiger partial charge in [-0.25, -0.2) is 0 Å². The second-order valence-corrected chi connectivity index (χ2v) is 6.37. The van der Waals surface area contributed by atoms with Crippen LogP contribution >= 0.6 is 31.9 Å². The lowest BCUT2D eigenvalue weighted by molar-refractivity contribution is 0.0744. The van der Waals surface area contributed by atoms with Crippen LogP contribution in [0.25, 0.3) is 0 Å². The number of benzene rings is 1. The van der Waals surface area contributed by atoms with Crippen LogP contribution in [0.15, 0.2) is 22.7 Å². The summed E-state index contributed by atoms with van der Waals surface area (Å²) in [6, 6.07) is 6.17. The van der Waals surface area contributed by atoms with Crippen LogP contribution in [-0.4, -0.2) is 25.2 Å². The Morgan fingerprint density at radius 1 is 1.50 bits per heavy atom. The van der Waals surface area contributed by atoms with Gasteiger partial charge in [0.2, 0.25) is 0 Å². The lowest BCUT2D eigenvalue weighted by Crippen LogP contribution is -2.33. The van der Waals surface area contributed by atoms with E-state index >= 15 is 0 Å². The Morgan fingerprint density at radius 3 is 2.83 bits per heavy atom. The highest BCUT2D eigenvalue weighted by atomic mass is 79.9. The van der Waals surface area contributed by atoms with Gasteiger partial charge in [-0.2, -0.15) is 0 Å². The van der Waals surface area contributed by atoms with E-state index in [2.05, 4.69) is 44.8 Å². The first kappa shape index (κ1) is 14.4. The summed E-state index contributed by atoms with van der Waals surface area (Å²) in [5, 5.41) is 0.955. The van der Waals surface area contributed by atoms with Crippen LogP contribution in [0.2, 0.25) is 0 Å². The van der Waals surface area contributed by atoms with Crippen molar-refractivity contribution in [3.63, 3.8) is 0 Å². The highest BCUT2D eigenvalue weighted by Crippen LogP contribution is 2.41. The number of methoxy groups -OCH3 is 1. The molecule has 1 aliphatic rings. The van der Waals surface area contributed by atoms with Crippen molar-refractivity contribution in [1.82, 2.24) is 0 Å². The Balaban J connectivity index is 2.29. The van der Waals surface area contributed by atoms with E-state index < -0.39 is 0 Å². The van der Waals surface area contributed by atoms with Crippen molar-refractivity contribution in [1.29, 1.82) is 0 Å². The van der Waals surface area contributed by atoms with Gasteiger partial charge >= 0.3 is 0 Å². The molecule has 1 aliphatic heterocycles. The first-order chi connectivity index (χ1) is 8.61. The van der Waals surface area contributed by atoms with Crippen molar-refractivity contribution < 1.29 is 9.47 Å². The maximum Gasteiger partial charge on any atom is 0.122 e. The van der Waals surface area contributed by atoms with Crippen molar-refractivity contribution in [3.8, 4) is 5.75 Å². The minimum atomic E-state index is 0.175. The second-order valence-electron chi connectivity index (χ2n) is 4.89. The third kappa shape index (κ3) is 2.75. The van der Waals surface area contributed by atoms with Gasteiger partial charge in [-0.05, 0) is 43.5 Å². The highest BCUT2D eigenvalue weighted by molar-refractivity contribution is 9.10. The van der Waals surface area contributed by atoms with Crippen molar-refractivity contribution in [3.05, 3.63) is 28.2 Å². The highest BCUT2D eigenvalue weighted by Gasteiger charge is 2.41. The summed E-state index contributed by atoms with van der Waals surface area (Å²) in [5.74, 6) is 0.956. The zero-order chi connectivity index (χ0) is 13.2. The van der Waals surface area contributed by atoms with Gasteiger partial charge in [0, 0.05) is 21.8 Å². The minimum absolute atomic E-state index is 0.175. The normalized spacial score (nSPS) is 27.4. The summed E-state index contributed by atoms with van der Waals surface area (Å²) < 4.78 is 12.3. The molecule has 0 amide bonds. The standard InChI is InChI=1S/C14H18Br2O2/c1-10-14(9-15,5-6-18-10)8-11-7-12(16)3-4-13(11)17-2/h3-4,7,10H,5-6,8-9H2,1-2H3. The summed E-state index contributed by atoms with van der Waals surface area (Å²) >= 11 is 7.19. The van der Waals surface area contributed by atoms with E-state index in [9.17, 15) is 0 Å². The summed E-state index contributed by atoms with van der Waals surface area (Å²) in [4.78, 5) is 0. The summed E-state index contributed by atoms with van der Waals surface area (Å²) in [7, 11) is 1.72. The Morgan fingerprint density at radius 2 is 2.28 bits per heavy atom. The van der Waals surface area contributed by atoms with E-state index in [0.29, 0.717) is 0 Å². The smallest absolute Gasteiger partial charge is 0.122 e. The predicted molar refractivity (Wildman–Crippen MR) is 80.7 cm³/mol. The Bertz CT molecular complexity index is 422. The molecule has 1 fully saturated rings. The first-order valence-electron chi connectivity index (χ1n) is 6.11. The van der Waals surface area contributed by atoms with E-state index in [1.165, 1.54) is 5.56 Å². The van der Waals surface area contributed by atoms with Crippen molar-refractivity contribution in [2.75, 3.05) is 19.0 Å². The van der Waals surface area contributed by atoms with Gasteiger partial charge in [0.05, 0.1) is 13.2 Å². The first-order valence-corrected chi connectivity index (χ1v) is 8.03. The molecule has 0 aliphatic carbocycles. The molecule has 0 bridgehead atoms. The molecule has 1 heterocycles. The van der Waals surface area contributed by atoms with Crippen LogP contribution in [0.4, 0.5) is 0 Å². The molecule has 0 radical (unpaired) electrons. The van der Waals surface area contributed by atoms with Crippen LogP contribution in [0.3, 0.4) is 0 Å². The van der Waals surface area contributed by atoms with Gasteiger partial charge in [-0.1, -0.05) is 31.9 Å². The van der Waals surface area contributed by atoms with Crippen LogP contribution in [0.5, 0.6) is 5.75 Å². The number of rotatable bonds is 4. The Labute approximate surface area is 125 Å². The number of hydrogen-bond acceptors (Lipinski definition) is 2. The molecule has 0 aromatic heterocycles. The minimum Gasteiger partial charge on any atom is -0.496 e. The van der Waals surface area contributed by atoms with Crippen molar-refractivity contribution in [2.45, 2.75) is 25.9 Å². The van der Waals surface area contributed by atoms with Gasteiger partial charge in [-0.3, -0.25) is 0 Å². The third-order valence-corrected chi connectivity index (χ3v) is 5.49. The maximum atomic E-state index is 5.75. The molecule has 0 spiro atoms. The fourth-order valence-corrected chi connectivity index (χ4v) is 3.88. The summed E-state index contributed by atoms with van der Waals surface area (Å²) in [5.41, 5.74) is 1.41. The largest absolute Gasteiger partial charge is 0.496 e. The average molecular weight is 378 g/mol. The molecule has 2 atom stereocenters. The van der Waals surface area contributed by atoms with Gasteiger partial charge < -0.3 is 9.47 Å². The molecule has 2 rings (SSSR count). The zero-order valence-electron chi connectivity index (χ0n) is 10.7. The maximum absolute atomic E-state index is 5.75. The molecule has 18 heavy (non-hydrogen) atoms. The predicted octanol–water partition coefficient (Wildman–Crippen LogP) is 4.19. The number of hydrogen-bond donors (Lipinski definition) is 0. The molecule has 2 nitrogen and oxygen atoms in total. The quantitative estimate of drug-likeness (QED) is 0.732. The molecule has 0 N–H and O–H groups in total. The van der Waals surface area contributed by atoms with E-state index in [4.69, 9.17) is 9.47 Å².